The van der Waals surface area contributed by atoms with Gasteiger partial charge in [-0.25, -0.2) is 0 Å². The average molecular weight is 326 g/mol. The number of amides is 1. The fourth-order valence-corrected chi connectivity index (χ4v) is 3.05. The van der Waals surface area contributed by atoms with Gasteiger partial charge in [-0.15, -0.1) is 23.7 Å². The highest BCUT2D eigenvalue weighted by molar-refractivity contribution is 9.11. The highest BCUT2D eigenvalue weighted by atomic mass is 79.9. The van der Waals surface area contributed by atoms with Crippen LogP contribution in [0.4, 0.5) is 0 Å². The largest absolute Gasteiger partial charge is 0.339 e. The number of nitrogens with zero attached hydrogens (tertiary/aromatic N) is 1. The molecule has 1 aromatic heterocycles. The van der Waals surface area contributed by atoms with Gasteiger partial charge in [0.25, 0.3) is 0 Å². The SMILES string of the molecule is CN(Cc1ccc(Br)s1)C(=O)[C@H]1CCN1.Cl. The zero-order valence-electron chi connectivity index (χ0n) is 8.90. The van der Waals surface area contributed by atoms with E-state index in [9.17, 15) is 4.79 Å². The normalized spacial score (nSPS) is 18.5. The molecule has 1 N–H and O–H groups in total. The summed E-state index contributed by atoms with van der Waals surface area (Å²) in [6.07, 6.45) is 0.970. The Morgan fingerprint density at radius 1 is 1.69 bits per heavy atom. The van der Waals surface area contributed by atoms with E-state index in [0.29, 0.717) is 6.54 Å². The smallest absolute Gasteiger partial charge is 0.239 e. The third-order valence-electron chi connectivity index (χ3n) is 2.52. The maximum atomic E-state index is 11.8. The molecule has 3 nitrogen and oxygen atoms in total. The number of likely N-dealkylation sites (N-methyl/N-ethyl adjacent to an activating group) is 1. The summed E-state index contributed by atoms with van der Waals surface area (Å²) in [6, 6.07) is 4.12. The minimum absolute atomic E-state index is 0. The Morgan fingerprint density at radius 3 is 2.81 bits per heavy atom. The van der Waals surface area contributed by atoms with Gasteiger partial charge in [0.15, 0.2) is 0 Å². The Morgan fingerprint density at radius 2 is 2.38 bits per heavy atom. The molecular formula is C10H14BrClN2OS. The van der Waals surface area contributed by atoms with Crippen molar-refractivity contribution in [2.45, 2.75) is 19.0 Å². The van der Waals surface area contributed by atoms with Gasteiger partial charge in [0.05, 0.1) is 16.4 Å². The number of hydrogen-bond donors (Lipinski definition) is 1. The molecular weight excluding hydrogens is 312 g/mol. The average Bonchev–Trinajstić information content (AvgIpc) is 2.48. The number of thiophene rings is 1. The lowest BCUT2D eigenvalue weighted by atomic mass is 10.1. The predicted octanol–water partition coefficient (Wildman–Crippen LogP) is 2.25. The highest BCUT2D eigenvalue weighted by Crippen LogP contribution is 2.23. The maximum Gasteiger partial charge on any atom is 0.239 e. The topological polar surface area (TPSA) is 32.3 Å². The number of rotatable bonds is 3. The molecule has 1 aromatic rings. The van der Waals surface area contributed by atoms with Gasteiger partial charge in [0.2, 0.25) is 5.91 Å². The number of carbonyl (C=O) groups excluding carboxylic acids is 1. The summed E-state index contributed by atoms with van der Waals surface area (Å²) in [7, 11) is 1.86. The van der Waals surface area contributed by atoms with Crippen molar-refractivity contribution in [3.8, 4) is 0 Å². The molecule has 0 saturated carbocycles. The van der Waals surface area contributed by atoms with Crippen LogP contribution in [0.25, 0.3) is 0 Å². The molecule has 0 unspecified atom stereocenters. The summed E-state index contributed by atoms with van der Waals surface area (Å²) in [6.45, 7) is 1.67. The molecule has 2 rings (SSSR count). The Bertz CT molecular complexity index is 367. The minimum atomic E-state index is 0. The van der Waals surface area contributed by atoms with E-state index < -0.39 is 0 Å². The van der Waals surface area contributed by atoms with E-state index in [1.165, 1.54) is 4.88 Å². The first-order chi connectivity index (χ1) is 7.16. The summed E-state index contributed by atoms with van der Waals surface area (Å²) in [4.78, 5) is 14.8. The third kappa shape index (κ3) is 3.20. The fourth-order valence-electron chi connectivity index (χ4n) is 1.51. The first kappa shape index (κ1) is 14.0. The van der Waals surface area contributed by atoms with E-state index in [4.69, 9.17) is 0 Å². The molecule has 0 aromatic carbocycles. The van der Waals surface area contributed by atoms with Gasteiger partial charge in [-0.3, -0.25) is 4.79 Å². The molecule has 6 heteroatoms. The minimum Gasteiger partial charge on any atom is -0.339 e. The zero-order chi connectivity index (χ0) is 10.8. The van der Waals surface area contributed by atoms with Gasteiger partial charge in [-0.2, -0.15) is 0 Å². The molecule has 1 fully saturated rings. The van der Waals surface area contributed by atoms with Gasteiger partial charge in [0.1, 0.15) is 0 Å². The van der Waals surface area contributed by atoms with Crippen molar-refractivity contribution in [1.82, 2.24) is 10.2 Å². The molecule has 1 aliphatic heterocycles. The molecule has 1 atom stereocenters. The van der Waals surface area contributed by atoms with Crippen LogP contribution in [0.2, 0.25) is 0 Å². The van der Waals surface area contributed by atoms with Crippen LogP contribution in [0.3, 0.4) is 0 Å². The molecule has 1 saturated heterocycles. The molecule has 0 bridgehead atoms. The second-order valence-electron chi connectivity index (χ2n) is 3.70. The second kappa shape index (κ2) is 6.00. The van der Waals surface area contributed by atoms with Gasteiger partial charge in [0, 0.05) is 11.9 Å². The van der Waals surface area contributed by atoms with Crippen molar-refractivity contribution in [2.75, 3.05) is 13.6 Å². The van der Waals surface area contributed by atoms with Crippen LogP contribution in [0.15, 0.2) is 15.9 Å². The molecule has 0 radical (unpaired) electrons. The molecule has 0 spiro atoms. The number of hydrogen-bond acceptors (Lipinski definition) is 3. The summed E-state index contributed by atoms with van der Waals surface area (Å²) in [5.74, 6) is 0.200. The molecule has 0 aliphatic carbocycles. The van der Waals surface area contributed by atoms with Gasteiger partial charge < -0.3 is 10.2 Å². The Kier molecular flexibility index (Phi) is 5.24. The van der Waals surface area contributed by atoms with Crippen LogP contribution in [0.1, 0.15) is 11.3 Å². The highest BCUT2D eigenvalue weighted by Gasteiger charge is 2.27. The van der Waals surface area contributed by atoms with E-state index in [0.717, 1.165) is 16.8 Å². The van der Waals surface area contributed by atoms with Crippen LogP contribution < -0.4 is 5.32 Å². The number of carbonyl (C=O) groups is 1. The van der Waals surface area contributed by atoms with Crippen molar-refractivity contribution in [3.05, 3.63) is 20.8 Å². The lowest BCUT2D eigenvalue weighted by Gasteiger charge is -2.30. The van der Waals surface area contributed by atoms with E-state index in [-0.39, 0.29) is 24.4 Å². The Hall–Kier alpha value is -0.100. The first-order valence-corrected chi connectivity index (χ1v) is 6.50. The van der Waals surface area contributed by atoms with E-state index in [1.54, 1.807) is 16.2 Å². The molecule has 90 valence electrons. The van der Waals surface area contributed by atoms with Crippen molar-refractivity contribution < 1.29 is 4.79 Å². The molecule has 2 heterocycles. The van der Waals surface area contributed by atoms with Crippen LogP contribution in [-0.2, 0) is 11.3 Å². The number of nitrogens with one attached hydrogen (secondary N) is 1. The summed E-state index contributed by atoms with van der Waals surface area (Å²) < 4.78 is 1.11. The van der Waals surface area contributed by atoms with Crippen LogP contribution in [0, 0.1) is 0 Å². The van der Waals surface area contributed by atoms with Gasteiger partial charge in [-0.1, -0.05) is 0 Å². The summed E-state index contributed by atoms with van der Waals surface area (Å²) in [5, 5.41) is 3.12. The third-order valence-corrected chi connectivity index (χ3v) is 4.13. The van der Waals surface area contributed by atoms with E-state index in [1.807, 2.05) is 19.2 Å². The van der Waals surface area contributed by atoms with E-state index >= 15 is 0 Å². The van der Waals surface area contributed by atoms with Crippen LogP contribution in [0.5, 0.6) is 0 Å². The fraction of sp³-hybridized carbons (Fsp3) is 0.500. The van der Waals surface area contributed by atoms with E-state index in [2.05, 4.69) is 21.2 Å². The number of halogens is 2. The van der Waals surface area contributed by atoms with Crippen molar-refractivity contribution >= 4 is 45.6 Å². The lowest BCUT2D eigenvalue weighted by molar-refractivity contribution is -0.134. The molecule has 1 aliphatic rings. The lowest BCUT2D eigenvalue weighted by Crippen LogP contribution is -2.53. The van der Waals surface area contributed by atoms with Crippen LogP contribution in [-0.4, -0.2) is 30.4 Å². The van der Waals surface area contributed by atoms with Gasteiger partial charge >= 0.3 is 0 Å². The molecule has 16 heavy (non-hydrogen) atoms. The van der Waals surface area contributed by atoms with Crippen molar-refractivity contribution in [3.63, 3.8) is 0 Å². The standard InChI is InChI=1S/C10H13BrN2OS.ClH/c1-13(10(14)8-4-5-12-8)6-7-2-3-9(11)15-7;/h2-3,8,12H,4-6H2,1H3;1H/t8-;/m1./s1. The second-order valence-corrected chi connectivity index (χ2v) is 6.24. The first-order valence-electron chi connectivity index (χ1n) is 4.89. The van der Waals surface area contributed by atoms with Crippen LogP contribution >= 0.6 is 39.7 Å². The Labute approximate surface area is 114 Å². The van der Waals surface area contributed by atoms with Crippen molar-refractivity contribution in [1.29, 1.82) is 0 Å². The Balaban J connectivity index is 0.00000128. The van der Waals surface area contributed by atoms with Gasteiger partial charge in [-0.05, 0) is 41.0 Å². The zero-order valence-corrected chi connectivity index (χ0v) is 12.1. The summed E-state index contributed by atoms with van der Waals surface area (Å²) in [5.41, 5.74) is 0. The predicted molar refractivity (Wildman–Crippen MR) is 72.1 cm³/mol. The monoisotopic (exact) mass is 324 g/mol. The molecule has 1 amide bonds. The maximum absolute atomic E-state index is 11.8. The quantitative estimate of drug-likeness (QED) is 0.924. The summed E-state index contributed by atoms with van der Waals surface area (Å²) >= 11 is 5.09. The van der Waals surface area contributed by atoms with Crippen molar-refractivity contribution in [2.24, 2.45) is 0 Å².